The van der Waals surface area contributed by atoms with Crippen LogP contribution in [0.15, 0.2) is 71.2 Å². The minimum atomic E-state index is -0.189. The van der Waals surface area contributed by atoms with E-state index >= 15 is 0 Å². The second kappa shape index (κ2) is 9.76. The van der Waals surface area contributed by atoms with Crippen molar-refractivity contribution in [1.82, 2.24) is 25.5 Å². The molecule has 2 aromatic carbocycles. The van der Waals surface area contributed by atoms with Gasteiger partial charge in [0, 0.05) is 4.88 Å². The van der Waals surface area contributed by atoms with Crippen molar-refractivity contribution in [2.24, 2.45) is 0 Å². The van der Waals surface area contributed by atoms with Gasteiger partial charge in [0.15, 0.2) is 0 Å². The van der Waals surface area contributed by atoms with Gasteiger partial charge >= 0.3 is 0 Å². The van der Waals surface area contributed by atoms with E-state index in [2.05, 4.69) is 45.1 Å². The molecule has 1 N–H and O–H groups in total. The van der Waals surface area contributed by atoms with Crippen molar-refractivity contribution in [2.45, 2.75) is 18.1 Å². The van der Waals surface area contributed by atoms with E-state index in [1.54, 1.807) is 23.1 Å². The lowest BCUT2D eigenvalue weighted by atomic mass is 10.0. The molecule has 4 rings (SSSR count). The summed E-state index contributed by atoms with van der Waals surface area (Å²) in [7, 11) is 1.62. The molecule has 1 atom stereocenters. The zero-order chi connectivity index (χ0) is 21.6. The first-order chi connectivity index (χ1) is 15.1. The summed E-state index contributed by atoms with van der Waals surface area (Å²) < 4.78 is 6.79. The lowest BCUT2D eigenvalue weighted by molar-refractivity contribution is -0.119. The first-order valence-corrected chi connectivity index (χ1v) is 11.5. The summed E-state index contributed by atoms with van der Waals surface area (Å²) in [6, 6.07) is 19.5. The number of aryl methyl sites for hydroxylation is 1. The predicted octanol–water partition coefficient (Wildman–Crippen LogP) is 4.04. The number of thiophene rings is 1. The molecular weight excluding hydrogens is 430 g/mol. The van der Waals surface area contributed by atoms with E-state index < -0.39 is 0 Å². The molecule has 0 aliphatic rings. The summed E-state index contributed by atoms with van der Waals surface area (Å²) in [6.07, 6.45) is 0. The average Bonchev–Trinajstić information content (AvgIpc) is 3.49. The Kier molecular flexibility index (Phi) is 6.63. The summed E-state index contributed by atoms with van der Waals surface area (Å²) in [5.74, 6) is 0.860. The lowest BCUT2D eigenvalue weighted by Crippen LogP contribution is -2.30. The maximum Gasteiger partial charge on any atom is 0.231 e. The Morgan fingerprint density at radius 2 is 1.94 bits per heavy atom. The number of ether oxygens (including phenoxy) is 1. The van der Waals surface area contributed by atoms with Crippen LogP contribution in [0.25, 0.3) is 5.69 Å². The van der Waals surface area contributed by atoms with E-state index in [4.69, 9.17) is 4.74 Å². The molecule has 0 fully saturated rings. The first-order valence-electron chi connectivity index (χ1n) is 9.59. The van der Waals surface area contributed by atoms with Crippen LogP contribution in [0.4, 0.5) is 0 Å². The van der Waals surface area contributed by atoms with E-state index in [1.165, 1.54) is 17.3 Å². The first kappa shape index (κ1) is 21.1. The minimum Gasteiger partial charge on any atom is -0.497 e. The zero-order valence-corrected chi connectivity index (χ0v) is 18.7. The van der Waals surface area contributed by atoms with Crippen LogP contribution in [-0.4, -0.2) is 39.0 Å². The number of carbonyl (C=O) groups excluding carboxylic acids is 1. The number of amides is 1. The minimum absolute atomic E-state index is 0.0896. The Labute approximate surface area is 188 Å². The maximum atomic E-state index is 12.8. The van der Waals surface area contributed by atoms with Gasteiger partial charge in [-0.1, -0.05) is 47.7 Å². The molecule has 0 unspecified atom stereocenters. The Morgan fingerprint density at radius 1 is 1.16 bits per heavy atom. The number of benzene rings is 2. The van der Waals surface area contributed by atoms with E-state index in [0.29, 0.717) is 5.16 Å². The molecular formula is C22H21N5O2S2. The van der Waals surface area contributed by atoms with Crippen molar-refractivity contribution in [3.63, 3.8) is 0 Å². The quantitative estimate of drug-likeness (QED) is 0.407. The molecule has 2 heterocycles. The fourth-order valence-corrected chi connectivity index (χ4v) is 4.52. The van der Waals surface area contributed by atoms with Gasteiger partial charge in [0.2, 0.25) is 11.1 Å². The number of hydrogen-bond donors (Lipinski definition) is 1. The van der Waals surface area contributed by atoms with E-state index in [0.717, 1.165) is 21.9 Å². The van der Waals surface area contributed by atoms with Gasteiger partial charge < -0.3 is 10.1 Å². The molecule has 7 nitrogen and oxygen atoms in total. The average molecular weight is 452 g/mol. The van der Waals surface area contributed by atoms with E-state index in [1.807, 2.05) is 48.7 Å². The summed E-state index contributed by atoms with van der Waals surface area (Å²) in [5, 5.41) is 17.6. The molecule has 0 bridgehead atoms. The third kappa shape index (κ3) is 5.12. The van der Waals surface area contributed by atoms with E-state index in [9.17, 15) is 4.79 Å². The molecule has 0 spiro atoms. The molecule has 9 heteroatoms. The van der Waals surface area contributed by atoms with Gasteiger partial charge in [0.25, 0.3) is 0 Å². The van der Waals surface area contributed by atoms with Crippen molar-refractivity contribution < 1.29 is 9.53 Å². The van der Waals surface area contributed by atoms with Gasteiger partial charge in [-0.2, -0.15) is 4.68 Å². The second-order valence-electron chi connectivity index (χ2n) is 6.79. The van der Waals surface area contributed by atoms with Gasteiger partial charge in [-0.15, -0.1) is 16.4 Å². The maximum absolute atomic E-state index is 12.8. The third-order valence-electron chi connectivity index (χ3n) is 4.63. The standard InChI is InChI=1S/C22H21N5O2S2/c1-15-5-7-16(8-6-15)21(19-4-3-13-30-19)23-20(28)14-31-22-24-25-26-27(22)17-9-11-18(29-2)12-10-17/h3-13,21H,14H2,1-2H3,(H,23,28)/t21-/m1/s1. The molecule has 0 aliphatic heterocycles. The lowest BCUT2D eigenvalue weighted by Gasteiger charge is -2.18. The molecule has 0 aliphatic carbocycles. The van der Waals surface area contributed by atoms with Gasteiger partial charge in [0.05, 0.1) is 24.6 Å². The molecule has 158 valence electrons. The summed E-state index contributed by atoms with van der Waals surface area (Å²) in [4.78, 5) is 13.9. The molecule has 0 saturated heterocycles. The Morgan fingerprint density at radius 3 is 2.61 bits per heavy atom. The number of nitrogens with one attached hydrogen (secondary N) is 1. The van der Waals surface area contributed by atoms with Crippen molar-refractivity contribution in [3.8, 4) is 11.4 Å². The van der Waals surface area contributed by atoms with Crippen LogP contribution in [0, 0.1) is 6.92 Å². The Hall–Kier alpha value is -3.17. The highest BCUT2D eigenvalue weighted by molar-refractivity contribution is 7.99. The van der Waals surface area contributed by atoms with Crippen LogP contribution < -0.4 is 10.1 Å². The highest BCUT2D eigenvalue weighted by Gasteiger charge is 2.19. The smallest absolute Gasteiger partial charge is 0.231 e. The number of hydrogen-bond acceptors (Lipinski definition) is 7. The van der Waals surface area contributed by atoms with Crippen LogP contribution in [0.3, 0.4) is 0 Å². The topological polar surface area (TPSA) is 81.9 Å². The van der Waals surface area contributed by atoms with Crippen LogP contribution in [0.2, 0.25) is 0 Å². The van der Waals surface area contributed by atoms with E-state index in [-0.39, 0.29) is 17.7 Å². The molecule has 0 radical (unpaired) electrons. The van der Waals surface area contributed by atoms with Gasteiger partial charge in [0.1, 0.15) is 5.75 Å². The van der Waals surface area contributed by atoms with Crippen LogP contribution in [0.1, 0.15) is 22.0 Å². The Bertz CT molecular complexity index is 1130. The van der Waals surface area contributed by atoms with Gasteiger partial charge in [-0.25, -0.2) is 0 Å². The summed E-state index contributed by atoms with van der Waals surface area (Å²) in [5.41, 5.74) is 3.03. The normalized spacial score (nSPS) is 11.8. The number of thioether (sulfide) groups is 1. The predicted molar refractivity (Wildman–Crippen MR) is 122 cm³/mol. The third-order valence-corrected chi connectivity index (χ3v) is 6.49. The fourth-order valence-electron chi connectivity index (χ4n) is 3.02. The monoisotopic (exact) mass is 451 g/mol. The number of carbonyl (C=O) groups is 1. The largest absolute Gasteiger partial charge is 0.497 e. The number of aromatic nitrogens is 4. The zero-order valence-electron chi connectivity index (χ0n) is 17.1. The van der Waals surface area contributed by atoms with Gasteiger partial charge in [-0.3, -0.25) is 4.79 Å². The molecule has 4 aromatic rings. The molecule has 31 heavy (non-hydrogen) atoms. The van der Waals surface area contributed by atoms with Crippen LogP contribution >= 0.6 is 23.1 Å². The van der Waals surface area contributed by atoms with Crippen molar-refractivity contribution in [3.05, 3.63) is 82.0 Å². The number of nitrogens with zero attached hydrogens (tertiary/aromatic N) is 4. The summed E-state index contributed by atoms with van der Waals surface area (Å²) in [6.45, 7) is 2.05. The molecule has 2 aromatic heterocycles. The van der Waals surface area contributed by atoms with Crippen LogP contribution in [0.5, 0.6) is 5.75 Å². The van der Waals surface area contributed by atoms with Crippen molar-refractivity contribution in [1.29, 1.82) is 0 Å². The fraction of sp³-hybridized carbons (Fsp3) is 0.182. The van der Waals surface area contributed by atoms with Crippen molar-refractivity contribution >= 4 is 29.0 Å². The van der Waals surface area contributed by atoms with Crippen LogP contribution in [-0.2, 0) is 4.79 Å². The van der Waals surface area contributed by atoms with Crippen molar-refractivity contribution in [2.75, 3.05) is 12.9 Å². The number of rotatable bonds is 8. The molecule has 1 amide bonds. The Balaban J connectivity index is 1.45. The summed E-state index contributed by atoms with van der Waals surface area (Å²) >= 11 is 2.91. The number of methoxy groups -OCH3 is 1. The second-order valence-corrected chi connectivity index (χ2v) is 8.71. The highest BCUT2D eigenvalue weighted by atomic mass is 32.2. The highest BCUT2D eigenvalue weighted by Crippen LogP contribution is 2.27. The molecule has 0 saturated carbocycles. The number of tetrazole rings is 1. The van der Waals surface area contributed by atoms with Gasteiger partial charge in [-0.05, 0) is 58.6 Å². The SMILES string of the molecule is COc1ccc(-n2nnnc2SCC(=O)N[C@H](c2ccc(C)cc2)c2cccs2)cc1.